The highest BCUT2D eigenvalue weighted by atomic mass is 35.5. The molecule has 0 unspecified atom stereocenters. The lowest BCUT2D eigenvalue weighted by molar-refractivity contribution is -0.111. The minimum atomic E-state index is -0.367. The van der Waals surface area contributed by atoms with Gasteiger partial charge >= 0.3 is 0 Å². The molecule has 2 heterocycles. The summed E-state index contributed by atoms with van der Waals surface area (Å²) in [7, 11) is 1.62. The highest BCUT2D eigenvalue weighted by Gasteiger charge is 2.15. The molecule has 0 saturated carbocycles. The van der Waals surface area contributed by atoms with Crippen molar-refractivity contribution in [1.82, 2.24) is 14.6 Å². The van der Waals surface area contributed by atoms with Crippen molar-refractivity contribution < 1.29 is 9.53 Å². The molecule has 2 aromatic heterocycles. The van der Waals surface area contributed by atoms with E-state index in [0.717, 1.165) is 17.0 Å². The fraction of sp³-hybridized carbons (Fsp3) is 0.0500. The van der Waals surface area contributed by atoms with Gasteiger partial charge in [0.2, 0.25) is 4.96 Å². The summed E-state index contributed by atoms with van der Waals surface area (Å²) >= 11 is 13.4. The Kier molecular flexibility index (Phi) is 5.53. The van der Waals surface area contributed by atoms with Crippen LogP contribution in [0.5, 0.6) is 5.75 Å². The van der Waals surface area contributed by atoms with Gasteiger partial charge in [-0.05, 0) is 35.9 Å². The van der Waals surface area contributed by atoms with Crippen LogP contribution in [0.3, 0.4) is 0 Å². The maximum absolute atomic E-state index is 12.2. The largest absolute Gasteiger partial charge is 0.496 e. The van der Waals surface area contributed by atoms with E-state index < -0.39 is 0 Å². The normalized spacial score (nSPS) is 11.3. The van der Waals surface area contributed by atoms with E-state index in [1.54, 1.807) is 35.9 Å². The Morgan fingerprint density at radius 2 is 2.07 bits per heavy atom. The van der Waals surface area contributed by atoms with E-state index >= 15 is 0 Å². The highest BCUT2D eigenvalue weighted by Crippen LogP contribution is 2.32. The first kappa shape index (κ1) is 19.4. The summed E-state index contributed by atoms with van der Waals surface area (Å²) in [5.41, 5.74) is 2.41. The zero-order valence-corrected chi connectivity index (χ0v) is 17.4. The van der Waals surface area contributed by atoms with E-state index in [1.165, 1.54) is 17.4 Å². The number of hydrogen-bond donors (Lipinski definition) is 1. The molecular formula is C20H14Cl2N4O2S. The fourth-order valence-corrected chi connectivity index (χ4v) is 4.02. The number of fused-ring (bicyclic) bond motifs is 1. The number of para-hydroxylation sites is 1. The minimum absolute atomic E-state index is 0.213. The maximum atomic E-state index is 12.2. The molecule has 146 valence electrons. The third-order valence-corrected chi connectivity index (χ3v) is 5.45. The summed E-state index contributed by atoms with van der Waals surface area (Å²) in [6, 6.07) is 12.7. The molecule has 0 radical (unpaired) electrons. The van der Waals surface area contributed by atoms with Crippen LogP contribution in [0.25, 0.3) is 22.3 Å². The number of carbonyl (C=O) groups excluding carboxylic acids is 1. The van der Waals surface area contributed by atoms with Crippen molar-refractivity contribution in [2.45, 2.75) is 0 Å². The van der Waals surface area contributed by atoms with Crippen LogP contribution in [0.4, 0.5) is 5.95 Å². The number of aromatic nitrogens is 3. The molecule has 9 heteroatoms. The molecule has 0 atom stereocenters. The third-order valence-electron chi connectivity index (χ3n) is 4.08. The van der Waals surface area contributed by atoms with Gasteiger partial charge in [0.15, 0.2) is 0 Å². The monoisotopic (exact) mass is 444 g/mol. The summed E-state index contributed by atoms with van der Waals surface area (Å²) in [4.78, 5) is 17.3. The van der Waals surface area contributed by atoms with E-state index in [-0.39, 0.29) is 11.9 Å². The number of nitrogens with one attached hydrogen (secondary N) is 1. The van der Waals surface area contributed by atoms with Crippen LogP contribution >= 0.6 is 34.5 Å². The van der Waals surface area contributed by atoms with Crippen LogP contribution in [0.1, 0.15) is 5.56 Å². The number of rotatable bonds is 5. The number of benzene rings is 2. The van der Waals surface area contributed by atoms with Crippen molar-refractivity contribution in [2.24, 2.45) is 0 Å². The van der Waals surface area contributed by atoms with Gasteiger partial charge in [-0.2, -0.15) is 4.98 Å². The molecule has 0 spiro atoms. The van der Waals surface area contributed by atoms with E-state index in [2.05, 4.69) is 15.4 Å². The number of carbonyl (C=O) groups is 1. The number of hydrogen-bond acceptors (Lipinski definition) is 5. The predicted molar refractivity (Wildman–Crippen MR) is 117 cm³/mol. The Balaban J connectivity index is 1.55. The summed E-state index contributed by atoms with van der Waals surface area (Å²) in [5.74, 6) is 0.578. The lowest BCUT2D eigenvalue weighted by Crippen LogP contribution is -2.09. The second-order valence-corrected chi connectivity index (χ2v) is 7.62. The number of thiazole rings is 1. The molecule has 29 heavy (non-hydrogen) atoms. The third kappa shape index (κ3) is 4.12. The van der Waals surface area contributed by atoms with Crippen molar-refractivity contribution in [3.63, 3.8) is 0 Å². The van der Waals surface area contributed by atoms with Crippen LogP contribution in [0.2, 0.25) is 10.0 Å². The average Bonchev–Trinajstić information content (AvgIpc) is 3.27. The molecule has 4 aromatic rings. The molecule has 0 bridgehead atoms. The average molecular weight is 445 g/mol. The Labute approximate surface area is 180 Å². The van der Waals surface area contributed by atoms with E-state index in [4.69, 9.17) is 27.9 Å². The molecule has 0 saturated heterocycles. The Hall–Kier alpha value is -2.87. The van der Waals surface area contributed by atoms with Crippen molar-refractivity contribution in [1.29, 1.82) is 0 Å². The molecule has 0 aliphatic rings. The van der Waals surface area contributed by atoms with E-state index in [1.807, 2.05) is 29.6 Å². The van der Waals surface area contributed by atoms with Gasteiger partial charge in [-0.15, -0.1) is 16.4 Å². The van der Waals surface area contributed by atoms with Crippen LogP contribution in [0, 0.1) is 0 Å². The van der Waals surface area contributed by atoms with Gasteiger partial charge in [-0.3, -0.25) is 10.1 Å². The van der Waals surface area contributed by atoms with E-state index in [0.29, 0.717) is 20.6 Å². The Morgan fingerprint density at radius 3 is 2.86 bits per heavy atom. The zero-order chi connectivity index (χ0) is 20.4. The van der Waals surface area contributed by atoms with E-state index in [9.17, 15) is 4.79 Å². The van der Waals surface area contributed by atoms with Crippen molar-refractivity contribution >= 4 is 57.4 Å². The van der Waals surface area contributed by atoms with Gasteiger partial charge in [-0.1, -0.05) is 41.4 Å². The van der Waals surface area contributed by atoms with Crippen LogP contribution in [-0.2, 0) is 4.79 Å². The molecule has 0 aliphatic carbocycles. The quantitative estimate of drug-likeness (QED) is 0.417. The second-order valence-electron chi connectivity index (χ2n) is 5.94. The second kappa shape index (κ2) is 8.24. The molecule has 1 amide bonds. The molecule has 0 aliphatic heterocycles. The molecule has 2 aromatic carbocycles. The number of halogens is 2. The van der Waals surface area contributed by atoms with Crippen LogP contribution in [-0.4, -0.2) is 27.6 Å². The molecular weight excluding hydrogens is 431 g/mol. The predicted octanol–water partition coefficient (Wildman–Crippen LogP) is 5.43. The number of anilines is 1. The first-order valence-corrected chi connectivity index (χ1v) is 10.1. The molecule has 6 nitrogen and oxygen atoms in total. The van der Waals surface area contributed by atoms with Crippen molar-refractivity contribution in [3.05, 3.63) is 69.5 Å². The lowest BCUT2D eigenvalue weighted by Gasteiger charge is -2.06. The van der Waals surface area contributed by atoms with Crippen molar-refractivity contribution in [2.75, 3.05) is 12.4 Å². The number of nitrogens with zero attached hydrogens (tertiary/aromatic N) is 3. The SMILES string of the molecule is COc1ccccc1-c1csc2nc(NC(=O)/C=C/c3ccc(Cl)cc3Cl)nn12. The Morgan fingerprint density at radius 1 is 1.24 bits per heavy atom. The summed E-state index contributed by atoms with van der Waals surface area (Å²) in [6.07, 6.45) is 2.97. The summed E-state index contributed by atoms with van der Waals surface area (Å²) in [6.45, 7) is 0. The van der Waals surface area contributed by atoms with Gasteiger partial charge in [-0.25, -0.2) is 4.52 Å². The number of methoxy groups -OCH3 is 1. The molecule has 4 rings (SSSR count). The Bertz CT molecular complexity index is 1230. The fourth-order valence-electron chi connectivity index (χ4n) is 2.73. The number of ether oxygens (including phenoxy) is 1. The van der Waals surface area contributed by atoms with Crippen LogP contribution in [0.15, 0.2) is 53.9 Å². The van der Waals surface area contributed by atoms with Crippen LogP contribution < -0.4 is 10.1 Å². The van der Waals surface area contributed by atoms with Gasteiger partial charge in [0.25, 0.3) is 11.9 Å². The van der Waals surface area contributed by atoms with Crippen molar-refractivity contribution in [3.8, 4) is 17.0 Å². The maximum Gasteiger partial charge on any atom is 0.250 e. The van der Waals surface area contributed by atoms with Gasteiger partial charge in [0.1, 0.15) is 5.75 Å². The summed E-state index contributed by atoms with van der Waals surface area (Å²) < 4.78 is 7.10. The smallest absolute Gasteiger partial charge is 0.250 e. The molecule has 0 fully saturated rings. The lowest BCUT2D eigenvalue weighted by atomic mass is 10.1. The van der Waals surface area contributed by atoms with Gasteiger partial charge in [0.05, 0.1) is 12.8 Å². The highest BCUT2D eigenvalue weighted by molar-refractivity contribution is 7.15. The standard InChI is InChI=1S/C20H14Cl2N4O2S/c1-28-17-5-3-2-4-14(17)16-11-29-20-24-19(25-26(16)20)23-18(27)9-7-12-6-8-13(21)10-15(12)22/h2-11H,1H3,(H,23,25,27)/b9-7+. The van der Waals surface area contributed by atoms with Gasteiger partial charge in [0, 0.05) is 27.1 Å². The topological polar surface area (TPSA) is 68.5 Å². The number of amides is 1. The minimum Gasteiger partial charge on any atom is -0.496 e. The zero-order valence-electron chi connectivity index (χ0n) is 15.1. The molecule has 1 N–H and O–H groups in total. The van der Waals surface area contributed by atoms with Gasteiger partial charge < -0.3 is 4.74 Å². The first-order chi connectivity index (χ1) is 14.0. The summed E-state index contributed by atoms with van der Waals surface area (Å²) in [5, 5.41) is 10.0. The first-order valence-electron chi connectivity index (χ1n) is 8.47.